The second-order valence-electron chi connectivity index (χ2n) is 11.0. The molecule has 3 heterocycles. The van der Waals surface area contributed by atoms with Crippen LogP contribution in [0.5, 0.6) is 0 Å². The van der Waals surface area contributed by atoms with Crippen LogP contribution in [0.2, 0.25) is 0 Å². The summed E-state index contributed by atoms with van der Waals surface area (Å²) in [6.07, 6.45) is 8.48. The molecule has 2 aliphatic heterocycles. The highest BCUT2D eigenvalue weighted by molar-refractivity contribution is 6.16. The van der Waals surface area contributed by atoms with Crippen molar-refractivity contribution in [2.24, 2.45) is 5.92 Å². The van der Waals surface area contributed by atoms with Gasteiger partial charge < -0.3 is 5.32 Å². The average Bonchev–Trinajstić information content (AvgIpc) is 3.47. The lowest BCUT2D eigenvalue weighted by molar-refractivity contribution is 0.0922. The second kappa shape index (κ2) is 9.01. The molecular formula is C32H33N3O. The average molecular weight is 476 g/mol. The summed E-state index contributed by atoms with van der Waals surface area (Å²) in [5, 5.41) is 5.26. The Labute approximate surface area is 212 Å². The fraction of sp³-hybridized carbons (Fsp3) is 0.375. The first-order valence-electron chi connectivity index (χ1n) is 13.7. The monoisotopic (exact) mass is 475 g/mol. The maximum absolute atomic E-state index is 13.6. The number of nitrogens with one attached hydrogen (secondary N) is 1. The largest absolute Gasteiger partial charge is 0.349 e. The van der Waals surface area contributed by atoms with Gasteiger partial charge in [-0.15, -0.1) is 0 Å². The molecule has 1 saturated heterocycles. The maximum Gasteiger partial charge on any atom is 0.252 e. The zero-order valence-electron chi connectivity index (χ0n) is 20.7. The van der Waals surface area contributed by atoms with Crippen LogP contribution in [0, 0.1) is 5.92 Å². The number of para-hydroxylation sites is 2. The van der Waals surface area contributed by atoms with E-state index in [9.17, 15) is 4.79 Å². The quantitative estimate of drug-likeness (QED) is 0.317. The number of carbonyl (C=O) groups excluding carboxylic acids is 1. The summed E-state index contributed by atoms with van der Waals surface area (Å²) in [5.74, 6) is 0.809. The third kappa shape index (κ3) is 3.70. The minimum Gasteiger partial charge on any atom is -0.349 e. The number of aromatic nitrogens is 1. The van der Waals surface area contributed by atoms with E-state index in [1.807, 2.05) is 48.5 Å². The third-order valence-corrected chi connectivity index (χ3v) is 9.02. The van der Waals surface area contributed by atoms with E-state index < -0.39 is 0 Å². The summed E-state index contributed by atoms with van der Waals surface area (Å²) in [7, 11) is 0. The van der Waals surface area contributed by atoms with Crippen LogP contribution < -0.4 is 5.32 Å². The lowest BCUT2D eigenvalue weighted by atomic mass is 9.83. The Bertz CT molecular complexity index is 1350. The normalized spacial score (nSPS) is 25.3. The highest BCUT2D eigenvalue weighted by Crippen LogP contribution is 2.53. The predicted octanol–water partition coefficient (Wildman–Crippen LogP) is 6.96. The lowest BCUT2D eigenvalue weighted by Crippen LogP contribution is -2.38. The molecule has 3 aromatic carbocycles. The van der Waals surface area contributed by atoms with Gasteiger partial charge in [0.2, 0.25) is 0 Å². The van der Waals surface area contributed by atoms with Gasteiger partial charge in [-0.25, -0.2) is 4.98 Å². The van der Waals surface area contributed by atoms with Crippen LogP contribution in [0.15, 0.2) is 72.8 Å². The maximum atomic E-state index is 13.6. The van der Waals surface area contributed by atoms with Gasteiger partial charge in [-0.2, -0.15) is 0 Å². The Hall–Kier alpha value is -3.24. The van der Waals surface area contributed by atoms with Crippen LogP contribution in [-0.4, -0.2) is 28.4 Å². The number of amides is 1. The number of hydrogen-bond acceptors (Lipinski definition) is 3. The van der Waals surface area contributed by atoms with Gasteiger partial charge in [0, 0.05) is 28.9 Å². The predicted molar refractivity (Wildman–Crippen MR) is 145 cm³/mol. The first-order chi connectivity index (χ1) is 17.8. The smallest absolute Gasteiger partial charge is 0.252 e. The first-order valence-corrected chi connectivity index (χ1v) is 13.7. The van der Waals surface area contributed by atoms with Crippen molar-refractivity contribution in [2.75, 3.05) is 6.54 Å². The summed E-state index contributed by atoms with van der Waals surface area (Å²) in [6.45, 7) is 1.21. The molecule has 1 amide bonds. The molecule has 2 atom stereocenters. The van der Waals surface area contributed by atoms with Crippen molar-refractivity contribution in [1.29, 1.82) is 0 Å². The number of rotatable bonds is 5. The Morgan fingerprint density at radius 1 is 0.750 bits per heavy atom. The third-order valence-electron chi connectivity index (χ3n) is 9.02. The van der Waals surface area contributed by atoms with Crippen molar-refractivity contribution in [3.05, 3.63) is 89.5 Å². The van der Waals surface area contributed by atoms with Crippen LogP contribution in [-0.2, 0) is 0 Å². The summed E-state index contributed by atoms with van der Waals surface area (Å²) in [5.41, 5.74) is 5.68. The number of nitrogens with zero attached hydrogens (tertiary/aromatic N) is 2. The van der Waals surface area contributed by atoms with Crippen LogP contribution >= 0.6 is 0 Å². The molecule has 7 rings (SSSR count). The highest BCUT2D eigenvalue weighted by Gasteiger charge is 2.43. The van der Waals surface area contributed by atoms with Crippen LogP contribution in [0.1, 0.15) is 78.5 Å². The summed E-state index contributed by atoms with van der Waals surface area (Å²) in [4.78, 5) is 21.1. The standard InChI is InChI=1S/C32H33N3O/c36-32(31-25-9-3-5-11-27(25)34-28-12-6-4-10-26(28)31)33-22-15-13-21(14-16-22)19-20-35-29-17-18-30(35)24-8-2-1-7-23(24)29/h1-12,21-22,29-30H,13-20H2,(H,33,36)/t21-,22-,29-,30+. The van der Waals surface area contributed by atoms with Crippen molar-refractivity contribution < 1.29 is 4.79 Å². The SMILES string of the molecule is O=C(N[C@H]1CC[C@H](CCN2[C@@H]3CC[C@H]2c2ccccc23)CC1)c1c2ccccc2nc2ccccc12. The minimum atomic E-state index is 0.0413. The van der Waals surface area contributed by atoms with Gasteiger partial charge in [-0.1, -0.05) is 60.7 Å². The van der Waals surface area contributed by atoms with Crippen molar-refractivity contribution in [3.8, 4) is 0 Å². The minimum absolute atomic E-state index is 0.0413. The van der Waals surface area contributed by atoms with Crippen molar-refractivity contribution in [3.63, 3.8) is 0 Å². The molecule has 182 valence electrons. The number of carbonyl (C=O) groups is 1. The highest BCUT2D eigenvalue weighted by atomic mass is 16.1. The number of fused-ring (bicyclic) bond motifs is 7. The van der Waals surface area contributed by atoms with Crippen molar-refractivity contribution in [1.82, 2.24) is 15.2 Å². The number of pyridine rings is 1. The topological polar surface area (TPSA) is 45.2 Å². The van der Waals surface area contributed by atoms with Gasteiger partial charge in [0.05, 0.1) is 16.6 Å². The molecule has 4 nitrogen and oxygen atoms in total. The Morgan fingerprint density at radius 2 is 1.31 bits per heavy atom. The lowest BCUT2D eigenvalue weighted by Gasteiger charge is -2.31. The Morgan fingerprint density at radius 3 is 1.92 bits per heavy atom. The van der Waals surface area contributed by atoms with E-state index in [-0.39, 0.29) is 11.9 Å². The fourth-order valence-electron chi connectivity index (χ4n) is 7.23. The van der Waals surface area contributed by atoms with Gasteiger partial charge in [-0.05, 0) is 80.7 Å². The molecule has 1 N–H and O–H groups in total. The first kappa shape index (κ1) is 22.0. The molecule has 4 heteroatoms. The van der Waals surface area contributed by atoms with E-state index in [1.165, 1.54) is 38.6 Å². The van der Waals surface area contributed by atoms with Gasteiger partial charge in [0.15, 0.2) is 0 Å². The fourth-order valence-corrected chi connectivity index (χ4v) is 7.23. The second-order valence-corrected chi connectivity index (χ2v) is 11.0. The number of hydrogen-bond donors (Lipinski definition) is 1. The van der Waals surface area contributed by atoms with Gasteiger partial charge >= 0.3 is 0 Å². The molecular weight excluding hydrogens is 442 g/mol. The summed E-state index contributed by atoms with van der Waals surface area (Å²) >= 11 is 0. The molecule has 0 radical (unpaired) electrons. The molecule has 1 aromatic heterocycles. The molecule has 4 aromatic rings. The molecule has 3 aliphatic rings. The molecule has 0 unspecified atom stereocenters. The molecule has 1 aliphatic carbocycles. The van der Waals surface area contributed by atoms with E-state index in [0.29, 0.717) is 12.1 Å². The zero-order valence-corrected chi connectivity index (χ0v) is 20.7. The zero-order chi connectivity index (χ0) is 24.1. The number of benzene rings is 3. The van der Waals surface area contributed by atoms with E-state index in [4.69, 9.17) is 4.98 Å². The van der Waals surface area contributed by atoms with E-state index in [2.05, 4.69) is 34.5 Å². The molecule has 0 spiro atoms. The van der Waals surface area contributed by atoms with Crippen LogP contribution in [0.3, 0.4) is 0 Å². The van der Waals surface area contributed by atoms with Crippen LogP contribution in [0.25, 0.3) is 21.8 Å². The molecule has 2 fully saturated rings. The molecule has 1 saturated carbocycles. The molecule has 36 heavy (non-hydrogen) atoms. The Kier molecular flexibility index (Phi) is 5.50. The summed E-state index contributed by atoms with van der Waals surface area (Å²) in [6, 6.07) is 26.6. The van der Waals surface area contributed by atoms with Gasteiger partial charge in [0.25, 0.3) is 5.91 Å². The van der Waals surface area contributed by atoms with Crippen LogP contribution in [0.4, 0.5) is 0 Å². The van der Waals surface area contributed by atoms with E-state index >= 15 is 0 Å². The molecule has 2 bridgehead atoms. The van der Waals surface area contributed by atoms with Crippen molar-refractivity contribution in [2.45, 2.75) is 63.1 Å². The Balaban J connectivity index is 0.995. The summed E-state index contributed by atoms with van der Waals surface area (Å²) < 4.78 is 0. The van der Waals surface area contributed by atoms with Gasteiger partial charge in [0.1, 0.15) is 0 Å². The van der Waals surface area contributed by atoms with Gasteiger partial charge in [-0.3, -0.25) is 9.69 Å². The van der Waals surface area contributed by atoms with E-state index in [1.54, 1.807) is 11.1 Å². The van der Waals surface area contributed by atoms with Crippen molar-refractivity contribution >= 4 is 27.7 Å². The van der Waals surface area contributed by atoms with E-state index in [0.717, 1.165) is 46.1 Å².